The fourth-order valence-corrected chi connectivity index (χ4v) is 1.44. The Hall–Kier alpha value is -1.26. The summed E-state index contributed by atoms with van der Waals surface area (Å²) in [6, 6.07) is 0.711. The van der Waals surface area contributed by atoms with Crippen molar-refractivity contribution in [2.45, 2.75) is 19.3 Å². The van der Waals surface area contributed by atoms with Gasteiger partial charge in [0.05, 0.1) is 0 Å². The van der Waals surface area contributed by atoms with Crippen molar-refractivity contribution in [1.82, 2.24) is 10.2 Å². The van der Waals surface area contributed by atoms with E-state index in [0.29, 0.717) is 6.01 Å². The van der Waals surface area contributed by atoms with Gasteiger partial charge >= 0.3 is 12.0 Å². The van der Waals surface area contributed by atoms with Crippen LogP contribution < -0.4 is 10.6 Å². The van der Waals surface area contributed by atoms with Crippen molar-refractivity contribution in [3.63, 3.8) is 0 Å². The predicted octanol–water partition coefficient (Wildman–Crippen LogP) is 0.642. The van der Waals surface area contributed by atoms with Gasteiger partial charge in [-0.25, -0.2) is 0 Å². The number of rotatable bonds is 1. The number of aromatic nitrogens is 2. The first-order valence-corrected chi connectivity index (χ1v) is 4.20. The lowest BCUT2D eigenvalue weighted by molar-refractivity contribution is 0.500. The number of hydrogen-bond acceptors (Lipinski definition) is 5. The second-order valence-corrected chi connectivity index (χ2v) is 2.97. The van der Waals surface area contributed by atoms with Gasteiger partial charge in [0.25, 0.3) is 0 Å². The normalized spacial score (nSPS) is 18.2. The Morgan fingerprint density at radius 1 is 1.17 bits per heavy atom. The summed E-state index contributed by atoms with van der Waals surface area (Å²) in [5.74, 6) is 0. The maximum Gasteiger partial charge on any atom is 0.319 e. The third-order valence-electron chi connectivity index (χ3n) is 2.06. The van der Waals surface area contributed by atoms with Gasteiger partial charge in [-0.1, -0.05) is 10.2 Å². The van der Waals surface area contributed by atoms with Crippen LogP contribution in [0.4, 0.5) is 12.0 Å². The van der Waals surface area contributed by atoms with Gasteiger partial charge in [0.1, 0.15) is 0 Å². The highest BCUT2D eigenvalue weighted by Crippen LogP contribution is 2.18. The van der Waals surface area contributed by atoms with Gasteiger partial charge in [-0.2, -0.15) is 0 Å². The van der Waals surface area contributed by atoms with E-state index < -0.39 is 0 Å². The van der Waals surface area contributed by atoms with Gasteiger partial charge in [0.15, 0.2) is 0 Å². The summed E-state index contributed by atoms with van der Waals surface area (Å²) in [6.45, 7) is 2.00. The first-order valence-electron chi connectivity index (χ1n) is 4.20. The Balaban J connectivity index is 2.08. The molecule has 2 N–H and O–H groups in total. The lowest BCUT2D eigenvalue weighted by Gasteiger charge is -2.23. The molecule has 1 aliphatic heterocycles. The molecule has 1 aliphatic rings. The van der Waals surface area contributed by atoms with E-state index in [2.05, 4.69) is 15.1 Å². The molecule has 0 spiro atoms. The van der Waals surface area contributed by atoms with Crippen LogP contribution in [-0.4, -0.2) is 23.3 Å². The van der Waals surface area contributed by atoms with Crippen molar-refractivity contribution in [3.05, 3.63) is 0 Å². The van der Waals surface area contributed by atoms with Crippen LogP contribution in [0.5, 0.6) is 0 Å². The highest BCUT2D eigenvalue weighted by Gasteiger charge is 2.15. The summed E-state index contributed by atoms with van der Waals surface area (Å²) in [7, 11) is 0. The van der Waals surface area contributed by atoms with Gasteiger partial charge in [-0.05, 0) is 19.3 Å². The molecule has 2 rings (SSSR count). The number of nitrogens with zero attached hydrogens (tertiary/aromatic N) is 3. The zero-order valence-electron chi connectivity index (χ0n) is 6.86. The van der Waals surface area contributed by atoms with Crippen LogP contribution in [0.25, 0.3) is 0 Å². The molecule has 0 unspecified atom stereocenters. The summed E-state index contributed by atoms with van der Waals surface area (Å²) < 4.78 is 5.10. The average Bonchev–Trinajstić information content (AvgIpc) is 2.54. The molecule has 0 saturated carbocycles. The van der Waals surface area contributed by atoms with Crippen LogP contribution in [0.15, 0.2) is 4.42 Å². The first-order chi connectivity index (χ1) is 5.86. The molecule has 5 heteroatoms. The minimum Gasteiger partial charge on any atom is -0.390 e. The van der Waals surface area contributed by atoms with Crippen molar-refractivity contribution in [2.75, 3.05) is 23.7 Å². The molecule has 0 aliphatic carbocycles. The molecule has 0 amide bonds. The molecular weight excluding hydrogens is 156 g/mol. The molecule has 0 radical (unpaired) electrons. The fourth-order valence-electron chi connectivity index (χ4n) is 1.44. The molecule has 1 fully saturated rings. The molecule has 0 bridgehead atoms. The van der Waals surface area contributed by atoms with Crippen LogP contribution in [0.3, 0.4) is 0 Å². The largest absolute Gasteiger partial charge is 0.390 e. The van der Waals surface area contributed by atoms with Crippen LogP contribution in [0, 0.1) is 0 Å². The van der Waals surface area contributed by atoms with Crippen molar-refractivity contribution in [2.24, 2.45) is 0 Å². The number of anilines is 2. The fraction of sp³-hybridized carbons (Fsp3) is 0.714. The van der Waals surface area contributed by atoms with E-state index >= 15 is 0 Å². The molecule has 12 heavy (non-hydrogen) atoms. The highest BCUT2D eigenvalue weighted by molar-refractivity contribution is 5.27. The van der Waals surface area contributed by atoms with Crippen molar-refractivity contribution in [3.8, 4) is 0 Å². The smallest absolute Gasteiger partial charge is 0.319 e. The molecule has 1 saturated heterocycles. The van der Waals surface area contributed by atoms with Gasteiger partial charge in [-0.15, -0.1) is 0 Å². The zero-order valence-corrected chi connectivity index (χ0v) is 6.86. The summed E-state index contributed by atoms with van der Waals surface area (Å²) >= 11 is 0. The van der Waals surface area contributed by atoms with Crippen molar-refractivity contribution >= 4 is 12.0 Å². The van der Waals surface area contributed by atoms with Gasteiger partial charge in [0, 0.05) is 13.1 Å². The lowest BCUT2D eigenvalue weighted by atomic mass is 10.1. The summed E-state index contributed by atoms with van der Waals surface area (Å²) in [6.07, 6.45) is 3.69. The molecule has 2 heterocycles. The van der Waals surface area contributed by atoms with Crippen LogP contribution in [0.2, 0.25) is 0 Å². The van der Waals surface area contributed by atoms with Crippen molar-refractivity contribution in [1.29, 1.82) is 0 Å². The third kappa shape index (κ3) is 1.34. The summed E-state index contributed by atoms with van der Waals surface area (Å²) in [5.41, 5.74) is 5.32. The minimum absolute atomic E-state index is 0.149. The van der Waals surface area contributed by atoms with E-state index in [1.54, 1.807) is 0 Å². The number of piperidine rings is 1. The van der Waals surface area contributed by atoms with E-state index in [1.165, 1.54) is 19.3 Å². The third-order valence-corrected chi connectivity index (χ3v) is 2.06. The molecule has 1 aromatic rings. The number of hydrogen-bond donors (Lipinski definition) is 1. The van der Waals surface area contributed by atoms with E-state index in [-0.39, 0.29) is 6.01 Å². The highest BCUT2D eigenvalue weighted by atomic mass is 16.4. The SMILES string of the molecule is Nc1nnc(N2CCCCC2)o1. The predicted molar refractivity (Wildman–Crippen MR) is 44.8 cm³/mol. The Labute approximate surface area is 70.6 Å². The first kappa shape index (κ1) is 7.39. The Morgan fingerprint density at radius 3 is 2.50 bits per heavy atom. The van der Waals surface area contributed by atoms with Crippen LogP contribution >= 0.6 is 0 Å². The number of nitrogens with two attached hydrogens (primary N) is 1. The molecule has 0 aromatic carbocycles. The molecule has 66 valence electrons. The monoisotopic (exact) mass is 168 g/mol. The Kier molecular flexibility index (Phi) is 1.85. The average molecular weight is 168 g/mol. The summed E-state index contributed by atoms with van der Waals surface area (Å²) in [4.78, 5) is 2.08. The minimum atomic E-state index is 0.149. The topological polar surface area (TPSA) is 68.2 Å². The lowest BCUT2D eigenvalue weighted by Crippen LogP contribution is -2.29. The number of nitrogen functional groups attached to an aromatic ring is 1. The van der Waals surface area contributed by atoms with Gasteiger partial charge in [-0.3, -0.25) is 0 Å². The molecule has 5 nitrogen and oxygen atoms in total. The second-order valence-electron chi connectivity index (χ2n) is 2.97. The van der Waals surface area contributed by atoms with E-state index in [0.717, 1.165) is 13.1 Å². The standard InChI is InChI=1S/C7H12N4O/c8-6-9-10-7(12-6)11-4-2-1-3-5-11/h1-5H2,(H2,8,9). The van der Waals surface area contributed by atoms with Crippen LogP contribution in [-0.2, 0) is 0 Å². The second kappa shape index (κ2) is 3.00. The Morgan fingerprint density at radius 2 is 1.92 bits per heavy atom. The van der Waals surface area contributed by atoms with Gasteiger partial charge in [0.2, 0.25) is 0 Å². The summed E-state index contributed by atoms with van der Waals surface area (Å²) in [5, 5.41) is 7.43. The zero-order chi connectivity index (χ0) is 8.39. The van der Waals surface area contributed by atoms with E-state index in [1.807, 2.05) is 0 Å². The quantitative estimate of drug-likeness (QED) is 0.666. The Bertz CT molecular complexity index is 254. The maximum atomic E-state index is 5.32. The van der Waals surface area contributed by atoms with E-state index in [9.17, 15) is 0 Å². The van der Waals surface area contributed by atoms with Crippen LogP contribution in [0.1, 0.15) is 19.3 Å². The van der Waals surface area contributed by atoms with Crippen molar-refractivity contribution < 1.29 is 4.42 Å². The molecule has 1 aromatic heterocycles. The molecule has 0 atom stereocenters. The van der Waals surface area contributed by atoms with Gasteiger partial charge < -0.3 is 15.1 Å². The van der Waals surface area contributed by atoms with E-state index in [4.69, 9.17) is 10.2 Å². The maximum absolute atomic E-state index is 5.32. The molecular formula is C7H12N4O.